The number of alkyl carbamates (subject to hydrolysis) is 2. The highest BCUT2D eigenvalue weighted by atomic mass is 35.5. The average Bonchev–Trinajstić information content (AvgIpc) is 3.03. The van der Waals surface area contributed by atoms with Gasteiger partial charge in [-0.25, -0.2) is 14.7 Å². The molecule has 1 aromatic rings. The van der Waals surface area contributed by atoms with Gasteiger partial charge in [-0.15, -0.1) is 0 Å². The maximum absolute atomic E-state index is 12.0. The van der Waals surface area contributed by atoms with Crippen molar-refractivity contribution in [2.24, 2.45) is 0 Å². The summed E-state index contributed by atoms with van der Waals surface area (Å²) >= 11 is 6.01. The summed E-state index contributed by atoms with van der Waals surface area (Å²) in [6, 6.07) is -0.0320. The van der Waals surface area contributed by atoms with E-state index in [-0.39, 0.29) is 23.2 Å². The first-order chi connectivity index (χ1) is 13.0. The second-order valence-corrected chi connectivity index (χ2v) is 6.91. The standard InChI is InChI=1S/C16H22ClN5O5/c1-2-26-15(24)19-9-5-10(6-9)20-16(25)27-11-3-4-22(8-11)12-7-18-21-14(23)13(12)17/h7,9-11H,2-6,8H2,1H3,(H,19,24)(H,20,25)(H,21,23)/t9-,10-,11-/m1/s1. The van der Waals surface area contributed by atoms with Gasteiger partial charge in [-0.2, -0.15) is 5.10 Å². The van der Waals surface area contributed by atoms with E-state index in [1.165, 1.54) is 6.20 Å². The van der Waals surface area contributed by atoms with Gasteiger partial charge in [0.15, 0.2) is 0 Å². The van der Waals surface area contributed by atoms with E-state index in [1.54, 1.807) is 6.92 Å². The topological polar surface area (TPSA) is 126 Å². The van der Waals surface area contributed by atoms with Crippen LogP contribution < -0.4 is 21.1 Å². The summed E-state index contributed by atoms with van der Waals surface area (Å²) in [5, 5.41) is 11.6. The van der Waals surface area contributed by atoms with E-state index in [0.29, 0.717) is 44.6 Å². The normalized spacial score (nSPS) is 24.1. The van der Waals surface area contributed by atoms with Gasteiger partial charge >= 0.3 is 12.2 Å². The molecule has 148 valence electrons. The van der Waals surface area contributed by atoms with Gasteiger partial charge in [0.05, 0.1) is 25.0 Å². The van der Waals surface area contributed by atoms with Crippen LogP contribution in [0.5, 0.6) is 0 Å². The first kappa shape index (κ1) is 19.3. The zero-order valence-electron chi connectivity index (χ0n) is 14.9. The van der Waals surface area contributed by atoms with Crippen molar-refractivity contribution >= 4 is 29.5 Å². The van der Waals surface area contributed by atoms with Crippen LogP contribution >= 0.6 is 11.6 Å². The SMILES string of the molecule is CCOC(=O)N[C@H]1C[C@H](NC(=O)O[C@@H]2CCN(c3cn[nH]c(=O)c3Cl)C2)C1. The fourth-order valence-electron chi connectivity index (χ4n) is 3.18. The average molecular weight is 400 g/mol. The van der Waals surface area contributed by atoms with Gasteiger partial charge in [0.25, 0.3) is 5.56 Å². The molecule has 10 nitrogen and oxygen atoms in total. The van der Waals surface area contributed by atoms with E-state index in [0.717, 1.165) is 0 Å². The fourth-order valence-corrected chi connectivity index (χ4v) is 3.39. The van der Waals surface area contributed by atoms with Crippen LogP contribution in [-0.4, -0.2) is 60.3 Å². The molecule has 0 spiro atoms. The van der Waals surface area contributed by atoms with Crippen molar-refractivity contribution < 1.29 is 19.1 Å². The zero-order chi connectivity index (χ0) is 19.4. The highest BCUT2D eigenvalue weighted by molar-refractivity contribution is 6.33. The summed E-state index contributed by atoms with van der Waals surface area (Å²) in [6.07, 6.45) is 2.16. The van der Waals surface area contributed by atoms with Crippen LogP contribution in [0.25, 0.3) is 0 Å². The number of hydrogen-bond donors (Lipinski definition) is 3. The zero-order valence-corrected chi connectivity index (χ0v) is 15.6. The Morgan fingerprint density at radius 2 is 2.04 bits per heavy atom. The third kappa shape index (κ3) is 4.82. The number of carbonyl (C=O) groups excluding carboxylic acids is 2. The number of hydrogen-bond acceptors (Lipinski definition) is 7. The molecule has 0 unspecified atom stereocenters. The van der Waals surface area contributed by atoms with Gasteiger partial charge in [-0.05, 0) is 19.8 Å². The van der Waals surface area contributed by atoms with Crippen LogP contribution in [0.15, 0.2) is 11.0 Å². The molecular weight excluding hydrogens is 378 g/mol. The first-order valence-electron chi connectivity index (χ1n) is 8.84. The van der Waals surface area contributed by atoms with E-state index in [9.17, 15) is 14.4 Å². The maximum Gasteiger partial charge on any atom is 0.407 e. The number of aromatic amines is 1. The molecule has 3 N–H and O–H groups in total. The Kier molecular flexibility index (Phi) is 6.04. The van der Waals surface area contributed by atoms with Gasteiger partial charge in [0.2, 0.25) is 0 Å². The summed E-state index contributed by atoms with van der Waals surface area (Å²) < 4.78 is 10.3. The highest BCUT2D eigenvalue weighted by Crippen LogP contribution is 2.26. The number of aromatic nitrogens is 2. The Hall–Kier alpha value is -2.49. The molecule has 1 atom stereocenters. The van der Waals surface area contributed by atoms with Crippen molar-refractivity contribution in [3.63, 3.8) is 0 Å². The number of halogens is 1. The monoisotopic (exact) mass is 399 g/mol. The number of carbonyl (C=O) groups is 2. The van der Waals surface area contributed by atoms with E-state index in [1.807, 2.05) is 4.90 Å². The van der Waals surface area contributed by atoms with E-state index >= 15 is 0 Å². The summed E-state index contributed by atoms with van der Waals surface area (Å²) in [5.74, 6) is 0. The van der Waals surface area contributed by atoms with Crippen LogP contribution in [0.3, 0.4) is 0 Å². The number of nitrogens with one attached hydrogen (secondary N) is 3. The minimum Gasteiger partial charge on any atom is -0.450 e. The molecule has 1 saturated heterocycles. The number of amides is 2. The predicted octanol–water partition coefficient (Wildman–Crippen LogP) is 1.01. The lowest BCUT2D eigenvalue weighted by atomic mass is 9.87. The second kappa shape index (κ2) is 8.47. The second-order valence-electron chi connectivity index (χ2n) is 6.53. The van der Waals surface area contributed by atoms with Crippen molar-refractivity contribution in [1.29, 1.82) is 0 Å². The van der Waals surface area contributed by atoms with Gasteiger partial charge < -0.3 is 25.0 Å². The minimum absolute atomic E-state index is 0.00198. The number of ether oxygens (including phenoxy) is 2. The molecule has 1 saturated carbocycles. The van der Waals surface area contributed by atoms with E-state index in [2.05, 4.69) is 20.8 Å². The predicted molar refractivity (Wildman–Crippen MR) is 97.1 cm³/mol. The molecule has 1 aliphatic carbocycles. The number of H-pyrrole nitrogens is 1. The van der Waals surface area contributed by atoms with Crippen molar-refractivity contribution in [3.05, 3.63) is 21.6 Å². The Balaban J connectivity index is 1.39. The highest BCUT2D eigenvalue weighted by Gasteiger charge is 2.33. The first-order valence-corrected chi connectivity index (χ1v) is 9.22. The van der Waals surface area contributed by atoms with Crippen LogP contribution in [0.2, 0.25) is 5.02 Å². The smallest absolute Gasteiger partial charge is 0.407 e. The third-order valence-electron chi connectivity index (χ3n) is 4.59. The summed E-state index contributed by atoms with van der Waals surface area (Å²) in [7, 11) is 0. The van der Waals surface area contributed by atoms with E-state index in [4.69, 9.17) is 21.1 Å². The van der Waals surface area contributed by atoms with Crippen LogP contribution in [0.1, 0.15) is 26.2 Å². The molecule has 0 bridgehead atoms. The van der Waals surface area contributed by atoms with E-state index < -0.39 is 17.7 Å². The lowest BCUT2D eigenvalue weighted by Gasteiger charge is -2.35. The Morgan fingerprint density at radius 1 is 1.33 bits per heavy atom. The molecule has 27 heavy (non-hydrogen) atoms. The largest absolute Gasteiger partial charge is 0.450 e. The maximum atomic E-state index is 12.0. The molecule has 11 heteroatoms. The summed E-state index contributed by atoms with van der Waals surface area (Å²) in [6.45, 7) is 3.11. The molecule has 2 heterocycles. The lowest BCUT2D eigenvalue weighted by molar-refractivity contribution is 0.0963. The Bertz CT molecular complexity index is 751. The van der Waals surface area contributed by atoms with Crippen molar-refractivity contribution in [2.45, 2.75) is 44.4 Å². The van der Waals surface area contributed by atoms with Gasteiger partial charge in [-0.3, -0.25) is 4.79 Å². The molecule has 0 aromatic carbocycles. The number of anilines is 1. The quantitative estimate of drug-likeness (QED) is 0.674. The van der Waals surface area contributed by atoms with Crippen LogP contribution in [-0.2, 0) is 9.47 Å². The van der Waals surface area contributed by atoms with Crippen LogP contribution in [0.4, 0.5) is 15.3 Å². The molecule has 2 aliphatic rings. The molecule has 0 radical (unpaired) electrons. The van der Waals surface area contributed by atoms with Gasteiger partial charge in [0, 0.05) is 25.0 Å². The van der Waals surface area contributed by atoms with Crippen LogP contribution in [0, 0.1) is 0 Å². The Labute approximate surface area is 160 Å². The molecule has 3 rings (SSSR count). The Morgan fingerprint density at radius 3 is 2.74 bits per heavy atom. The van der Waals surface area contributed by atoms with Crippen molar-refractivity contribution in [2.75, 3.05) is 24.6 Å². The van der Waals surface area contributed by atoms with Gasteiger partial charge in [-0.1, -0.05) is 11.6 Å². The summed E-state index contributed by atoms with van der Waals surface area (Å²) in [5.41, 5.74) is 0.0750. The third-order valence-corrected chi connectivity index (χ3v) is 4.96. The molecule has 1 aliphatic heterocycles. The lowest BCUT2D eigenvalue weighted by Crippen LogP contribution is -2.54. The molecule has 2 amide bonds. The van der Waals surface area contributed by atoms with Crippen molar-refractivity contribution in [1.82, 2.24) is 20.8 Å². The molecule has 1 aromatic heterocycles. The molecule has 2 fully saturated rings. The molecular formula is C16H22ClN5O5. The van der Waals surface area contributed by atoms with Crippen molar-refractivity contribution in [3.8, 4) is 0 Å². The number of rotatable bonds is 5. The fraction of sp³-hybridized carbons (Fsp3) is 0.625. The van der Waals surface area contributed by atoms with Gasteiger partial charge in [0.1, 0.15) is 11.1 Å². The summed E-state index contributed by atoms with van der Waals surface area (Å²) in [4.78, 5) is 36.8. The number of nitrogens with zero attached hydrogens (tertiary/aromatic N) is 2. The minimum atomic E-state index is -0.489.